The molecule has 0 atom stereocenters. The van der Waals surface area contributed by atoms with Crippen LogP contribution in [0.3, 0.4) is 0 Å². The molecule has 6 heteroatoms. The molecule has 0 spiro atoms. The molecule has 1 fully saturated rings. The lowest BCUT2D eigenvalue weighted by molar-refractivity contribution is 0.102. The Morgan fingerprint density at radius 3 is 2.86 bits per heavy atom. The average Bonchev–Trinajstić information content (AvgIpc) is 3.27. The van der Waals surface area contributed by atoms with Crippen LogP contribution >= 0.6 is 15.9 Å². The third kappa shape index (κ3) is 3.58. The average molecular weight is 347 g/mol. The Balaban J connectivity index is 1.73. The zero-order chi connectivity index (χ0) is 14.8. The van der Waals surface area contributed by atoms with Crippen LogP contribution in [0.5, 0.6) is 0 Å². The van der Waals surface area contributed by atoms with E-state index < -0.39 is 0 Å². The summed E-state index contributed by atoms with van der Waals surface area (Å²) < 4.78 is 1.01. The summed E-state index contributed by atoms with van der Waals surface area (Å²) in [4.78, 5) is 20.6. The Bertz CT molecular complexity index is 685. The monoisotopic (exact) mass is 346 g/mol. The molecule has 0 saturated heterocycles. The zero-order valence-electron chi connectivity index (χ0n) is 11.6. The molecular formula is C15H15BrN4O. The molecule has 1 amide bonds. The molecule has 1 saturated carbocycles. The molecule has 2 N–H and O–H groups in total. The molecule has 1 aromatic carbocycles. The van der Waals surface area contributed by atoms with Crippen LogP contribution in [0.2, 0.25) is 0 Å². The van der Waals surface area contributed by atoms with Gasteiger partial charge in [-0.05, 0) is 49.6 Å². The van der Waals surface area contributed by atoms with Crippen LogP contribution in [0.1, 0.15) is 28.9 Å². The predicted octanol–water partition coefficient (Wildman–Crippen LogP) is 3.37. The van der Waals surface area contributed by atoms with E-state index in [1.165, 1.54) is 0 Å². The summed E-state index contributed by atoms with van der Waals surface area (Å²) in [5.74, 6) is 0.273. The van der Waals surface area contributed by atoms with Gasteiger partial charge in [0.2, 0.25) is 5.95 Å². The van der Waals surface area contributed by atoms with Gasteiger partial charge in [-0.15, -0.1) is 0 Å². The van der Waals surface area contributed by atoms with Crippen molar-refractivity contribution in [3.8, 4) is 0 Å². The highest BCUT2D eigenvalue weighted by molar-refractivity contribution is 9.10. The molecule has 3 rings (SSSR count). The molecule has 5 nitrogen and oxygen atoms in total. The normalized spacial score (nSPS) is 13.8. The van der Waals surface area contributed by atoms with E-state index in [0.29, 0.717) is 17.7 Å². The SMILES string of the molecule is Cc1cc(NC(=O)c2ccnc(NC3CC3)n2)ccc1Br. The van der Waals surface area contributed by atoms with Crippen molar-refractivity contribution in [3.63, 3.8) is 0 Å². The molecule has 0 aliphatic heterocycles. The molecule has 2 aromatic rings. The second-order valence-corrected chi connectivity index (χ2v) is 5.96. The van der Waals surface area contributed by atoms with Crippen molar-refractivity contribution in [3.05, 3.63) is 46.2 Å². The highest BCUT2D eigenvalue weighted by Crippen LogP contribution is 2.23. The summed E-state index contributed by atoms with van der Waals surface area (Å²) in [5, 5.41) is 6.03. The Kier molecular flexibility index (Phi) is 3.88. The minimum Gasteiger partial charge on any atom is -0.351 e. The Labute approximate surface area is 131 Å². The van der Waals surface area contributed by atoms with Crippen LogP contribution in [0, 0.1) is 6.92 Å². The van der Waals surface area contributed by atoms with E-state index in [4.69, 9.17) is 0 Å². The topological polar surface area (TPSA) is 66.9 Å². The number of hydrogen-bond donors (Lipinski definition) is 2. The maximum Gasteiger partial charge on any atom is 0.274 e. The maximum atomic E-state index is 12.2. The van der Waals surface area contributed by atoms with Gasteiger partial charge in [-0.25, -0.2) is 9.97 Å². The van der Waals surface area contributed by atoms with Crippen molar-refractivity contribution >= 4 is 33.5 Å². The van der Waals surface area contributed by atoms with Crippen LogP contribution in [-0.2, 0) is 0 Å². The molecule has 0 unspecified atom stereocenters. The molecular weight excluding hydrogens is 332 g/mol. The van der Waals surface area contributed by atoms with Gasteiger partial charge in [0.15, 0.2) is 0 Å². The Morgan fingerprint density at radius 2 is 2.14 bits per heavy atom. The lowest BCUT2D eigenvalue weighted by Crippen LogP contribution is -2.15. The summed E-state index contributed by atoms with van der Waals surface area (Å²) in [6, 6.07) is 7.73. The van der Waals surface area contributed by atoms with E-state index in [1.54, 1.807) is 12.3 Å². The predicted molar refractivity (Wildman–Crippen MR) is 85.5 cm³/mol. The van der Waals surface area contributed by atoms with Crippen LogP contribution in [-0.4, -0.2) is 21.9 Å². The van der Waals surface area contributed by atoms with Gasteiger partial charge in [-0.2, -0.15) is 0 Å². The highest BCUT2D eigenvalue weighted by atomic mass is 79.9. The molecule has 21 heavy (non-hydrogen) atoms. The first-order valence-corrected chi connectivity index (χ1v) is 7.58. The van der Waals surface area contributed by atoms with Crippen LogP contribution in [0.25, 0.3) is 0 Å². The van der Waals surface area contributed by atoms with E-state index in [1.807, 2.05) is 25.1 Å². The van der Waals surface area contributed by atoms with Gasteiger partial charge in [-0.3, -0.25) is 4.79 Å². The zero-order valence-corrected chi connectivity index (χ0v) is 13.1. The maximum absolute atomic E-state index is 12.2. The van der Waals surface area contributed by atoms with Crippen molar-refractivity contribution in [1.29, 1.82) is 0 Å². The molecule has 1 aliphatic carbocycles. The van der Waals surface area contributed by atoms with E-state index in [9.17, 15) is 4.79 Å². The Hall–Kier alpha value is -1.95. The first kappa shape index (κ1) is 14.0. The number of halogens is 1. The smallest absolute Gasteiger partial charge is 0.274 e. The third-order valence-corrected chi connectivity index (χ3v) is 4.10. The van der Waals surface area contributed by atoms with E-state index in [0.717, 1.165) is 28.6 Å². The number of anilines is 2. The summed E-state index contributed by atoms with van der Waals surface area (Å²) >= 11 is 3.44. The van der Waals surface area contributed by atoms with Gasteiger partial charge in [0.05, 0.1) is 0 Å². The number of rotatable bonds is 4. The third-order valence-electron chi connectivity index (χ3n) is 3.21. The first-order valence-electron chi connectivity index (χ1n) is 6.79. The van der Waals surface area contributed by atoms with Gasteiger partial charge in [0, 0.05) is 22.4 Å². The van der Waals surface area contributed by atoms with Gasteiger partial charge >= 0.3 is 0 Å². The van der Waals surface area contributed by atoms with Crippen molar-refractivity contribution < 1.29 is 4.79 Å². The summed E-state index contributed by atoms with van der Waals surface area (Å²) in [6.45, 7) is 1.97. The Morgan fingerprint density at radius 1 is 1.33 bits per heavy atom. The number of aromatic nitrogens is 2. The first-order chi connectivity index (χ1) is 10.1. The number of carbonyl (C=O) groups excluding carboxylic acids is 1. The van der Waals surface area contributed by atoms with Crippen LogP contribution in [0.4, 0.5) is 11.6 Å². The van der Waals surface area contributed by atoms with E-state index >= 15 is 0 Å². The second kappa shape index (κ2) is 5.81. The van der Waals surface area contributed by atoms with Gasteiger partial charge in [0.1, 0.15) is 5.69 Å². The molecule has 108 valence electrons. The van der Waals surface area contributed by atoms with Crippen molar-refractivity contribution in [2.45, 2.75) is 25.8 Å². The van der Waals surface area contributed by atoms with Crippen molar-refractivity contribution in [1.82, 2.24) is 9.97 Å². The number of hydrogen-bond acceptors (Lipinski definition) is 4. The lowest BCUT2D eigenvalue weighted by Gasteiger charge is -2.08. The fourth-order valence-corrected chi connectivity index (χ4v) is 2.13. The minimum absolute atomic E-state index is 0.238. The highest BCUT2D eigenvalue weighted by Gasteiger charge is 2.22. The number of carbonyl (C=O) groups is 1. The van der Waals surface area contributed by atoms with Crippen molar-refractivity contribution in [2.75, 3.05) is 10.6 Å². The number of nitrogens with one attached hydrogen (secondary N) is 2. The van der Waals surface area contributed by atoms with E-state index in [-0.39, 0.29) is 5.91 Å². The fourth-order valence-electron chi connectivity index (χ4n) is 1.88. The molecule has 0 radical (unpaired) electrons. The summed E-state index contributed by atoms with van der Waals surface area (Å²) in [6.07, 6.45) is 3.87. The lowest BCUT2D eigenvalue weighted by atomic mass is 10.2. The fraction of sp³-hybridized carbons (Fsp3) is 0.267. The molecule has 1 heterocycles. The number of aryl methyl sites for hydroxylation is 1. The molecule has 1 aliphatic rings. The van der Waals surface area contributed by atoms with Crippen LogP contribution < -0.4 is 10.6 Å². The quantitative estimate of drug-likeness (QED) is 0.890. The van der Waals surface area contributed by atoms with E-state index in [2.05, 4.69) is 36.5 Å². The number of amides is 1. The number of benzene rings is 1. The van der Waals surface area contributed by atoms with Gasteiger partial charge < -0.3 is 10.6 Å². The minimum atomic E-state index is -0.238. The number of nitrogens with zero attached hydrogens (tertiary/aromatic N) is 2. The summed E-state index contributed by atoms with van der Waals surface area (Å²) in [7, 11) is 0. The summed E-state index contributed by atoms with van der Waals surface area (Å²) in [5.41, 5.74) is 2.16. The van der Waals surface area contributed by atoms with Gasteiger partial charge in [-0.1, -0.05) is 15.9 Å². The molecule has 0 bridgehead atoms. The van der Waals surface area contributed by atoms with Crippen molar-refractivity contribution in [2.24, 2.45) is 0 Å². The largest absolute Gasteiger partial charge is 0.351 e. The van der Waals surface area contributed by atoms with Gasteiger partial charge in [0.25, 0.3) is 5.91 Å². The second-order valence-electron chi connectivity index (χ2n) is 5.10. The standard InChI is InChI=1S/C15H15BrN4O/c1-9-8-11(4-5-12(9)16)18-14(21)13-6-7-17-15(20-13)19-10-2-3-10/h4-8,10H,2-3H2,1H3,(H,18,21)(H,17,19,20). The van der Waals surface area contributed by atoms with Crippen LogP contribution in [0.15, 0.2) is 34.9 Å². The molecule has 1 aromatic heterocycles.